The molecule has 16 heteroatoms. The number of piperidine rings is 1. The van der Waals surface area contributed by atoms with E-state index in [1.54, 1.807) is 32.3 Å². The molecular formula is C25H25F3N10O2S. The van der Waals surface area contributed by atoms with E-state index in [-0.39, 0.29) is 47.4 Å². The van der Waals surface area contributed by atoms with E-state index >= 15 is 0 Å². The van der Waals surface area contributed by atoms with Gasteiger partial charge in [0.25, 0.3) is 10.0 Å². The smallest absolute Gasteiger partial charge is 0.351 e. The first-order valence-electron chi connectivity index (χ1n) is 12.5. The second-order valence-corrected chi connectivity index (χ2v) is 11.6. The van der Waals surface area contributed by atoms with Crippen LogP contribution in [-0.4, -0.2) is 66.1 Å². The number of halogens is 3. The largest absolute Gasteiger partial charge is 0.420 e. The highest BCUT2D eigenvalue weighted by molar-refractivity contribution is 7.89. The number of alkyl halides is 3. The molecule has 1 saturated heterocycles. The number of imidazole rings is 1. The van der Waals surface area contributed by atoms with Crippen molar-refractivity contribution in [2.45, 2.75) is 37.5 Å². The number of hydrogen-bond acceptors (Lipinski definition) is 9. The van der Waals surface area contributed by atoms with Crippen LogP contribution in [0.15, 0.2) is 48.1 Å². The highest BCUT2D eigenvalue weighted by Gasteiger charge is 2.38. The number of pyridine rings is 1. The molecule has 0 bridgehead atoms. The van der Waals surface area contributed by atoms with E-state index in [0.717, 1.165) is 0 Å². The fourth-order valence-electron chi connectivity index (χ4n) is 4.64. The quantitative estimate of drug-likeness (QED) is 0.360. The number of nitriles is 1. The molecule has 4 aromatic heterocycles. The van der Waals surface area contributed by atoms with Crippen LogP contribution >= 0.6 is 0 Å². The van der Waals surface area contributed by atoms with Gasteiger partial charge in [0.2, 0.25) is 5.95 Å². The van der Waals surface area contributed by atoms with Crippen LogP contribution in [0, 0.1) is 24.2 Å². The molecule has 0 unspecified atom stereocenters. The SMILES string of the molecule is Cc1ccc(-n2cnc(-c3nc(N[C@H]4CCN(S(=O)(=O)c5ccn(C)n5)C[C@H]4C)ncc3C(F)(F)F)c2)c(C#N)n1. The van der Waals surface area contributed by atoms with E-state index in [2.05, 4.69) is 30.4 Å². The Morgan fingerprint density at radius 1 is 1.17 bits per heavy atom. The molecule has 0 radical (unpaired) electrons. The molecular weight excluding hydrogens is 561 g/mol. The van der Waals surface area contributed by atoms with Gasteiger partial charge in [-0.1, -0.05) is 6.92 Å². The molecule has 12 nitrogen and oxygen atoms in total. The molecule has 0 aliphatic carbocycles. The molecule has 0 saturated carbocycles. The fourth-order valence-corrected chi connectivity index (χ4v) is 6.15. The van der Waals surface area contributed by atoms with Crippen LogP contribution < -0.4 is 5.32 Å². The predicted molar refractivity (Wildman–Crippen MR) is 140 cm³/mol. The van der Waals surface area contributed by atoms with E-state index in [9.17, 15) is 26.9 Å². The van der Waals surface area contributed by atoms with Crippen LogP contribution in [0.5, 0.6) is 0 Å². The molecule has 0 amide bonds. The summed E-state index contributed by atoms with van der Waals surface area (Å²) in [5.41, 5.74) is -0.503. The van der Waals surface area contributed by atoms with Crippen molar-refractivity contribution in [3.05, 3.63) is 60.1 Å². The van der Waals surface area contributed by atoms with Crippen LogP contribution in [0.2, 0.25) is 0 Å². The molecule has 41 heavy (non-hydrogen) atoms. The van der Waals surface area contributed by atoms with Gasteiger partial charge in [-0.25, -0.2) is 28.4 Å². The molecule has 1 aliphatic rings. The molecule has 0 spiro atoms. The number of nitrogens with zero attached hydrogens (tertiary/aromatic N) is 9. The molecule has 0 aromatic carbocycles. The van der Waals surface area contributed by atoms with E-state index in [4.69, 9.17) is 0 Å². The lowest BCUT2D eigenvalue weighted by Gasteiger charge is -2.36. The second-order valence-electron chi connectivity index (χ2n) is 9.76. The van der Waals surface area contributed by atoms with Crippen LogP contribution in [0.1, 0.15) is 30.3 Å². The van der Waals surface area contributed by atoms with E-state index in [0.29, 0.717) is 24.0 Å². The first-order valence-corrected chi connectivity index (χ1v) is 13.9. The van der Waals surface area contributed by atoms with E-state index in [1.165, 1.54) is 32.1 Å². The van der Waals surface area contributed by atoms with Gasteiger partial charge in [0.15, 0.2) is 10.7 Å². The molecule has 214 valence electrons. The molecule has 4 aromatic rings. The Bertz CT molecular complexity index is 1740. The summed E-state index contributed by atoms with van der Waals surface area (Å²) in [6.07, 6.45) is 0.505. The maximum absolute atomic E-state index is 13.9. The maximum Gasteiger partial charge on any atom is 0.420 e. The molecule has 2 atom stereocenters. The van der Waals surface area contributed by atoms with Gasteiger partial charge in [0.1, 0.15) is 29.3 Å². The van der Waals surface area contributed by atoms with Gasteiger partial charge in [-0.2, -0.15) is 27.8 Å². The Morgan fingerprint density at radius 3 is 2.61 bits per heavy atom. The summed E-state index contributed by atoms with van der Waals surface area (Å²) in [6, 6.07) is 6.42. The lowest BCUT2D eigenvalue weighted by Crippen LogP contribution is -2.47. The summed E-state index contributed by atoms with van der Waals surface area (Å²) < 4.78 is 71.9. The Kier molecular flexibility index (Phi) is 7.26. The number of anilines is 1. The predicted octanol–water partition coefficient (Wildman–Crippen LogP) is 3.17. The lowest BCUT2D eigenvalue weighted by atomic mass is 9.95. The van der Waals surface area contributed by atoms with Gasteiger partial charge in [-0.05, 0) is 37.5 Å². The third kappa shape index (κ3) is 5.63. The minimum absolute atomic E-state index is 0.0444. The van der Waals surface area contributed by atoms with Gasteiger partial charge < -0.3 is 9.88 Å². The van der Waals surface area contributed by atoms with Gasteiger partial charge in [-0.15, -0.1) is 0 Å². The molecule has 1 N–H and O–H groups in total. The molecule has 5 heterocycles. The molecule has 1 aliphatic heterocycles. The van der Waals surface area contributed by atoms with Gasteiger partial charge in [-0.3, -0.25) is 4.68 Å². The van der Waals surface area contributed by atoms with Crippen molar-refractivity contribution in [2.24, 2.45) is 13.0 Å². The zero-order valence-corrected chi connectivity index (χ0v) is 23.0. The minimum Gasteiger partial charge on any atom is -0.351 e. The zero-order chi connectivity index (χ0) is 29.5. The lowest BCUT2D eigenvalue weighted by molar-refractivity contribution is -0.137. The van der Waals surface area contributed by atoms with Crippen LogP contribution in [-0.2, 0) is 23.2 Å². The Balaban J connectivity index is 1.40. The minimum atomic E-state index is -4.75. The zero-order valence-electron chi connectivity index (χ0n) is 22.2. The fraction of sp³-hybridized carbons (Fsp3) is 0.360. The average molecular weight is 587 g/mol. The van der Waals surface area contributed by atoms with Crippen molar-refractivity contribution in [3.8, 4) is 23.1 Å². The topological polar surface area (TPSA) is 148 Å². The molecule has 5 rings (SSSR count). The van der Waals surface area contributed by atoms with Crippen LogP contribution in [0.4, 0.5) is 19.1 Å². The van der Waals surface area contributed by atoms with Crippen molar-refractivity contribution >= 4 is 16.0 Å². The number of hydrogen-bond donors (Lipinski definition) is 1. The molecule has 1 fully saturated rings. The van der Waals surface area contributed by atoms with Crippen molar-refractivity contribution in [1.29, 1.82) is 5.26 Å². The van der Waals surface area contributed by atoms with E-state index in [1.807, 2.05) is 13.0 Å². The summed E-state index contributed by atoms with van der Waals surface area (Å²) in [5.74, 6) is -0.260. The third-order valence-corrected chi connectivity index (χ3v) is 8.55. The highest BCUT2D eigenvalue weighted by Crippen LogP contribution is 2.36. The number of nitrogens with one attached hydrogen (secondary N) is 1. The first kappa shape index (κ1) is 28.2. The van der Waals surface area contributed by atoms with Crippen LogP contribution in [0.3, 0.4) is 0 Å². The van der Waals surface area contributed by atoms with Crippen molar-refractivity contribution in [2.75, 3.05) is 18.4 Å². The van der Waals surface area contributed by atoms with Crippen molar-refractivity contribution < 1.29 is 21.6 Å². The normalized spacial score (nSPS) is 18.3. The third-order valence-electron chi connectivity index (χ3n) is 6.79. The van der Waals surface area contributed by atoms with Crippen LogP contribution in [0.25, 0.3) is 17.1 Å². The van der Waals surface area contributed by atoms with Crippen molar-refractivity contribution in [1.82, 2.24) is 38.6 Å². The monoisotopic (exact) mass is 586 g/mol. The second kappa shape index (κ2) is 10.6. The van der Waals surface area contributed by atoms with Gasteiger partial charge in [0.05, 0.1) is 5.69 Å². The van der Waals surface area contributed by atoms with Gasteiger partial charge >= 0.3 is 6.18 Å². The van der Waals surface area contributed by atoms with Gasteiger partial charge in [0, 0.05) is 50.5 Å². The standard InChI is InChI=1S/C25H25F3N10O2S/c1-15-12-38(41(39,40)22-7-8-36(3)35-22)9-6-18(15)33-24-30-11-17(25(26,27)28)23(34-24)20-13-37(14-31-20)21-5-4-16(2)32-19(21)10-29/h4-5,7-8,11,13-15,18H,6,9,12H2,1-3H3,(H,30,33,34)/t15-,18+/m1/s1. The number of sulfonamides is 1. The van der Waals surface area contributed by atoms with Crippen molar-refractivity contribution in [3.63, 3.8) is 0 Å². The summed E-state index contributed by atoms with van der Waals surface area (Å²) in [6.45, 7) is 3.93. The highest BCUT2D eigenvalue weighted by atomic mass is 32.2. The average Bonchev–Trinajstić information content (AvgIpc) is 3.59. The summed E-state index contributed by atoms with van der Waals surface area (Å²) in [5, 5.41) is 16.5. The number of aromatic nitrogens is 7. The first-order chi connectivity index (χ1) is 19.4. The summed E-state index contributed by atoms with van der Waals surface area (Å²) in [4.78, 5) is 16.4. The maximum atomic E-state index is 13.9. The Labute approximate surface area is 233 Å². The summed E-state index contributed by atoms with van der Waals surface area (Å²) in [7, 11) is -2.15. The number of aryl methyl sites for hydroxylation is 2. The van der Waals surface area contributed by atoms with E-state index < -0.39 is 27.5 Å². The Morgan fingerprint density at radius 2 is 1.95 bits per heavy atom. The Hall–Kier alpha value is -4.36. The summed E-state index contributed by atoms with van der Waals surface area (Å²) >= 11 is 0. The number of rotatable bonds is 6.